The molecule has 0 aliphatic carbocycles. The Labute approximate surface area is 137 Å². The van der Waals surface area contributed by atoms with Crippen molar-refractivity contribution in [1.82, 2.24) is 15.1 Å². The Kier molecular flexibility index (Phi) is 3.47. The molecule has 1 aromatic rings. The lowest BCUT2D eigenvalue weighted by Crippen LogP contribution is -2.56. The third-order valence-corrected chi connectivity index (χ3v) is 4.78. The number of pyridine rings is 1. The number of carbonyl (C=O) groups excluding carboxylic acids is 1. The average Bonchev–Trinajstić information content (AvgIpc) is 2.89. The van der Waals surface area contributed by atoms with Crippen LogP contribution in [0.15, 0.2) is 17.1 Å². The molecule has 1 spiro atoms. The minimum absolute atomic E-state index is 0.0341. The number of aromatic nitrogens is 1. The van der Waals surface area contributed by atoms with Crippen molar-refractivity contribution in [2.75, 3.05) is 24.7 Å². The first-order valence-corrected chi connectivity index (χ1v) is 8.07. The van der Waals surface area contributed by atoms with Crippen LogP contribution in [0.1, 0.15) is 29.8 Å². The number of amides is 1. The number of carbonyl (C=O) groups is 1. The number of hydrogen-bond acceptors (Lipinski definition) is 6. The summed E-state index contributed by atoms with van der Waals surface area (Å²) in [7, 11) is 0. The second-order valence-corrected chi connectivity index (χ2v) is 6.23. The van der Waals surface area contributed by atoms with Gasteiger partial charge in [-0.15, -0.1) is 0 Å². The van der Waals surface area contributed by atoms with Crippen molar-refractivity contribution in [3.05, 3.63) is 28.2 Å². The molecule has 1 aromatic heterocycles. The van der Waals surface area contributed by atoms with Crippen LogP contribution < -0.4 is 21.0 Å². The third kappa shape index (κ3) is 2.29. The first-order valence-electron chi connectivity index (χ1n) is 7.54. The Bertz CT molecular complexity index is 701. The van der Waals surface area contributed by atoms with Crippen molar-refractivity contribution < 1.29 is 14.3 Å². The van der Waals surface area contributed by atoms with Crippen molar-refractivity contribution in [3.8, 4) is 5.75 Å². The van der Waals surface area contributed by atoms with Crippen LogP contribution in [-0.4, -0.2) is 46.6 Å². The maximum atomic E-state index is 12.9. The molecule has 1 amide bonds. The van der Waals surface area contributed by atoms with Gasteiger partial charge in [0.2, 0.25) is 5.43 Å². The first kappa shape index (κ1) is 14.8. The van der Waals surface area contributed by atoms with Crippen LogP contribution in [-0.2, 0) is 4.74 Å². The number of rotatable bonds is 2. The summed E-state index contributed by atoms with van der Waals surface area (Å²) in [6.45, 7) is 1.35. The Morgan fingerprint density at radius 3 is 2.91 bits per heavy atom. The highest BCUT2D eigenvalue weighted by atomic mass is 35.5. The van der Waals surface area contributed by atoms with Crippen molar-refractivity contribution in [2.24, 2.45) is 0 Å². The van der Waals surface area contributed by atoms with Gasteiger partial charge in [0.25, 0.3) is 5.91 Å². The Morgan fingerprint density at radius 2 is 2.17 bits per heavy atom. The topological polar surface area (TPSA) is 84.8 Å². The van der Waals surface area contributed by atoms with E-state index in [-0.39, 0.29) is 40.6 Å². The molecule has 4 rings (SSSR count). The van der Waals surface area contributed by atoms with E-state index in [0.717, 1.165) is 19.3 Å². The minimum atomic E-state index is -0.370. The standard InChI is InChI=1S/C14H17ClN4O4/c15-8-23-12-9(20)1-4-18-11(12)13(21)19-10(16-18)7-14(17-19)2-5-22-6-3-14/h1,4,10,16-17H,2-3,5-8H2. The van der Waals surface area contributed by atoms with Crippen LogP contribution in [0.4, 0.5) is 0 Å². The van der Waals surface area contributed by atoms with Gasteiger partial charge in [0.15, 0.2) is 17.5 Å². The second-order valence-electron chi connectivity index (χ2n) is 6.01. The fourth-order valence-electron chi connectivity index (χ4n) is 3.51. The molecule has 2 N–H and O–H groups in total. The molecule has 8 nitrogen and oxygen atoms in total. The van der Waals surface area contributed by atoms with E-state index in [0.29, 0.717) is 13.2 Å². The van der Waals surface area contributed by atoms with E-state index < -0.39 is 0 Å². The quantitative estimate of drug-likeness (QED) is 0.749. The normalized spacial score (nSPS) is 25.0. The summed E-state index contributed by atoms with van der Waals surface area (Å²) in [6, 6.07) is 1.16. The van der Waals surface area contributed by atoms with E-state index in [9.17, 15) is 9.59 Å². The van der Waals surface area contributed by atoms with Gasteiger partial charge in [0.05, 0.1) is 0 Å². The summed E-state index contributed by atoms with van der Waals surface area (Å²) in [6.07, 6.45) is 3.82. The zero-order valence-electron chi connectivity index (χ0n) is 12.4. The highest BCUT2D eigenvalue weighted by Gasteiger charge is 2.49. The monoisotopic (exact) mass is 340 g/mol. The Hall–Kier alpha value is -1.77. The van der Waals surface area contributed by atoms with Gasteiger partial charge in [-0.05, 0) is 12.8 Å². The summed E-state index contributed by atoms with van der Waals surface area (Å²) in [5.74, 6) is -0.330. The average molecular weight is 341 g/mol. The lowest BCUT2D eigenvalue weighted by atomic mass is 9.88. The Balaban J connectivity index is 1.71. The number of halogens is 1. The lowest BCUT2D eigenvalue weighted by molar-refractivity contribution is 0.0259. The molecule has 2 saturated heterocycles. The van der Waals surface area contributed by atoms with Gasteiger partial charge in [-0.1, -0.05) is 11.6 Å². The molecule has 9 heteroatoms. The fraction of sp³-hybridized carbons (Fsp3) is 0.571. The molecule has 23 heavy (non-hydrogen) atoms. The third-order valence-electron chi connectivity index (χ3n) is 4.67. The van der Waals surface area contributed by atoms with Crippen molar-refractivity contribution in [3.63, 3.8) is 0 Å². The van der Waals surface area contributed by atoms with Gasteiger partial charge in [0.1, 0.15) is 6.17 Å². The van der Waals surface area contributed by atoms with E-state index >= 15 is 0 Å². The molecule has 0 saturated carbocycles. The van der Waals surface area contributed by atoms with Crippen molar-refractivity contribution in [2.45, 2.75) is 31.0 Å². The van der Waals surface area contributed by atoms with E-state index in [1.54, 1.807) is 15.9 Å². The van der Waals surface area contributed by atoms with E-state index in [1.807, 2.05) is 0 Å². The summed E-state index contributed by atoms with van der Waals surface area (Å²) < 4.78 is 12.2. The molecule has 3 aliphatic heterocycles. The molecular weight excluding hydrogens is 324 g/mol. The predicted molar refractivity (Wildman–Crippen MR) is 81.9 cm³/mol. The molecule has 124 valence electrons. The van der Waals surface area contributed by atoms with E-state index in [4.69, 9.17) is 21.1 Å². The van der Waals surface area contributed by atoms with Gasteiger partial charge in [-0.25, -0.2) is 10.4 Å². The van der Waals surface area contributed by atoms with Gasteiger partial charge in [0, 0.05) is 37.4 Å². The van der Waals surface area contributed by atoms with Crippen LogP contribution in [0.3, 0.4) is 0 Å². The zero-order valence-corrected chi connectivity index (χ0v) is 13.1. The van der Waals surface area contributed by atoms with Gasteiger partial charge in [-0.3, -0.25) is 14.3 Å². The number of alkyl halides is 1. The molecule has 3 aliphatic rings. The number of nitrogens with one attached hydrogen (secondary N) is 2. The van der Waals surface area contributed by atoms with Crippen LogP contribution in [0.25, 0.3) is 0 Å². The number of nitrogens with zero attached hydrogens (tertiary/aromatic N) is 2. The Morgan fingerprint density at radius 1 is 1.39 bits per heavy atom. The van der Waals surface area contributed by atoms with Crippen LogP contribution in [0.5, 0.6) is 5.75 Å². The summed E-state index contributed by atoms with van der Waals surface area (Å²) in [4.78, 5) is 24.9. The van der Waals surface area contributed by atoms with Gasteiger partial charge in [-0.2, -0.15) is 0 Å². The number of fused-ring (bicyclic) bond motifs is 2. The number of hydrazine groups is 1. The maximum absolute atomic E-state index is 12.9. The molecule has 1 atom stereocenters. The molecule has 1 unspecified atom stereocenters. The smallest absolute Gasteiger partial charge is 0.292 e. The number of ether oxygens (including phenoxy) is 2. The summed E-state index contributed by atoms with van der Waals surface area (Å²) >= 11 is 5.58. The molecular formula is C14H17ClN4O4. The summed E-state index contributed by atoms with van der Waals surface area (Å²) in [5.41, 5.74) is 6.21. The molecule has 0 aromatic carbocycles. The maximum Gasteiger partial charge on any atom is 0.292 e. The molecule has 0 radical (unpaired) electrons. The fourth-order valence-corrected chi connectivity index (χ4v) is 3.62. The largest absolute Gasteiger partial charge is 0.471 e. The van der Waals surface area contributed by atoms with E-state index in [2.05, 4.69) is 10.9 Å². The van der Waals surface area contributed by atoms with Gasteiger partial charge < -0.3 is 14.9 Å². The predicted octanol–water partition coefficient (Wildman–Crippen LogP) is 0.206. The van der Waals surface area contributed by atoms with E-state index in [1.165, 1.54) is 6.07 Å². The minimum Gasteiger partial charge on any atom is -0.471 e. The van der Waals surface area contributed by atoms with Gasteiger partial charge >= 0.3 is 0 Å². The summed E-state index contributed by atoms with van der Waals surface area (Å²) in [5, 5.41) is 1.56. The van der Waals surface area contributed by atoms with Crippen LogP contribution >= 0.6 is 11.6 Å². The zero-order chi connectivity index (χ0) is 16.0. The van der Waals surface area contributed by atoms with Crippen molar-refractivity contribution >= 4 is 17.5 Å². The SMILES string of the molecule is O=C1c2c(OCCl)c(=O)ccn2NC2CC3(CCOCC3)NN12. The second kappa shape index (κ2) is 5.40. The van der Waals surface area contributed by atoms with Crippen LogP contribution in [0.2, 0.25) is 0 Å². The lowest BCUT2D eigenvalue weighted by Gasteiger charge is -2.35. The van der Waals surface area contributed by atoms with Crippen molar-refractivity contribution in [1.29, 1.82) is 0 Å². The molecule has 0 bridgehead atoms. The first-order chi connectivity index (χ1) is 11.1. The number of hydrogen-bond donors (Lipinski definition) is 2. The highest BCUT2D eigenvalue weighted by molar-refractivity contribution is 6.17. The van der Waals surface area contributed by atoms with Crippen LogP contribution in [0, 0.1) is 0 Å². The molecule has 2 fully saturated rings. The highest BCUT2D eigenvalue weighted by Crippen LogP contribution is 2.35. The molecule has 4 heterocycles.